The smallest absolute Gasteiger partial charge is 0.257 e. The first-order chi connectivity index (χ1) is 14.7. The first-order valence-electron chi connectivity index (χ1n) is 10.1. The van der Waals surface area contributed by atoms with Crippen LogP contribution in [0.5, 0.6) is 0 Å². The summed E-state index contributed by atoms with van der Waals surface area (Å²) in [4.78, 5) is 26.5. The van der Waals surface area contributed by atoms with Crippen molar-refractivity contribution in [3.8, 4) is 11.9 Å². The zero-order valence-corrected chi connectivity index (χ0v) is 16.4. The molecule has 1 amide bonds. The molecule has 0 unspecified atom stereocenters. The second-order valence-electron chi connectivity index (χ2n) is 7.69. The highest BCUT2D eigenvalue weighted by Crippen LogP contribution is 2.35. The minimum atomic E-state index is -0.0300. The molecule has 0 saturated carbocycles. The predicted molar refractivity (Wildman–Crippen MR) is 110 cm³/mol. The van der Waals surface area contributed by atoms with Gasteiger partial charge in [-0.25, -0.2) is 14.6 Å². The Hall–Kier alpha value is -3.73. The Morgan fingerprint density at radius 3 is 2.83 bits per heavy atom. The number of piperidine rings is 1. The van der Waals surface area contributed by atoms with Crippen molar-refractivity contribution in [2.45, 2.75) is 18.9 Å². The number of anilines is 1. The van der Waals surface area contributed by atoms with Crippen LogP contribution in [0.4, 0.5) is 5.82 Å². The van der Waals surface area contributed by atoms with Crippen molar-refractivity contribution in [2.75, 3.05) is 24.5 Å². The molecule has 150 valence electrons. The summed E-state index contributed by atoms with van der Waals surface area (Å²) in [6, 6.07) is 11.3. The standard InChI is InChI=1S/C22H21N7O/c23-14-16-4-9-24-20(13-16)28-12-6-17-5-11-27(15-19(17)28)22(30)18-3-1-7-25-21(18)29-10-2-8-26-29/h1-4,7-10,13,17,19H,5-6,11-12,15H2/t17-,19-/m1/s1. The van der Waals surface area contributed by atoms with Crippen LogP contribution in [0.15, 0.2) is 55.1 Å². The summed E-state index contributed by atoms with van der Waals surface area (Å²) in [5, 5.41) is 13.5. The van der Waals surface area contributed by atoms with E-state index in [2.05, 4.69) is 26.0 Å². The highest BCUT2D eigenvalue weighted by molar-refractivity contribution is 5.97. The number of carbonyl (C=O) groups excluding carboxylic acids is 1. The summed E-state index contributed by atoms with van der Waals surface area (Å²) in [5.41, 5.74) is 1.15. The molecule has 0 aromatic carbocycles. The number of nitriles is 1. The second-order valence-corrected chi connectivity index (χ2v) is 7.69. The number of hydrogen-bond acceptors (Lipinski definition) is 6. The highest BCUT2D eigenvalue weighted by atomic mass is 16.2. The molecule has 2 atom stereocenters. The first kappa shape index (κ1) is 18.3. The van der Waals surface area contributed by atoms with E-state index >= 15 is 0 Å². The van der Waals surface area contributed by atoms with Crippen molar-refractivity contribution >= 4 is 11.7 Å². The molecule has 8 heteroatoms. The summed E-state index contributed by atoms with van der Waals surface area (Å²) >= 11 is 0. The Morgan fingerprint density at radius 1 is 1.10 bits per heavy atom. The average Bonchev–Trinajstić information content (AvgIpc) is 3.48. The molecule has 2 fully saturated rings. The maximum absolute atomic E-state index is 13.4. The molecule has 0 aliphatic carbocycles. The Labute approximate surface area is 174 Å². The number of fused-ring (bicyclic) bond motifs is 1. The van der Waals surface area contributed by atoms with E-state index in [0.29, 0.717) is 29.4 Å². The fourth-order valence-corrected chi connectivity index (χ4v) is 4.57. The predicted octanol–water partition coefficient (Wildman–Crippen LogP) is 2.27. The van der Waals surface area contributed by atoms with E-state index < -0.39 is 0 Å². The van der Waals surface area contributed by atoms with E-state index in [1.165, 1.54) is 0 Å². The Morgan fingerprint density at radius 2 is 2.00 bits per heavy atom. The number of carbonyl (C=O) groups is 1. The van der Waals surface area contributed by atoms with Crippen LogP contribution in [0.1, 0.15) is 28.8 Å². The van der Waals surface area contributed by atoms with Gasteiger partial charge in [0.25, 0.3) is 5.91 Å². The molecule has 8 nitrogen and oxygen atoms in total. The van der Waals surface area contributed by atoms with Crippen LogP contribution in [-0.4, -0.2) is 56.2 Å². The van der Waals surface area contributed by atoms with Crippen LogP contribution in [0, 0.1) is 17.2 Å². The molecule has 3 aromatic rings. The molecule has 3 aromatic heterocycles. The molecule has 0 bridgehead atoms. The van der Waals surface area contributed by atoms with Crippen LogP contribution in [0.25, 0.3) is 5.82 Å². The molecule has 0 radical (unpaired) electrons. The van der Waals surface area contributed by atoms with Crippen LogP contribution in [0.3, 0.4) is 0 Å². The maximum Gasteiger partial charge on any atom is 0.257 e. The average molecular weight is 399 g/mol. The van der Waals surface area contributed by atoms with Crippen molar-refractivity contribution in [3.05, 3.63) is 66.2 Å². The fourth-order valence-electron chi connectivity index (χ4n) is 4.57. The van der Waals surface area contributed by atoms with Crippen molar-refractivity contribution in [2.24, 2.45) is 5.92 Å². The SMILES string of the molecule is N#Cc1ccnc(N2CC[C@H]3CCN(C(=O)c4cccnc4-n4cccn4)C[C@H]32)c1. The van der Waals surface area contributed by atoms with E-state index in [4.69, 9.17) is 0 Å². The third kappa shape index (κ3) is 3.18. The fraction of sp³-hybridized carbons (Fsp3) is 0.318. The number of pyridine rings is 2. The molecule has 5 rings (SSSR count). The van der Waals surface area contributed by atoms with Gasteiger partial charge in [0, 0.05) is 44.4 Å². The summed E-state index contributed by atoms with van der Waals surface area (Å²) in [6.07, 6.45) is 8.86. The van der Waals surface area contributed by atoms with Crippen LogP contribution < -0.4 is 4.90 Å². The Balaban J connectivity index is 1.40. The lowest BCUT2D eigenvalue weighted by Gasteiger charge is -2.39. The Bertz CT molecular complexity index is 1100. The molecule has 2 saturated heterocycles. The molecule has 2 aliphatic rings. The van der Waals surface area contributed by atoms with E-state index in [0.717, 1.165) is 31.7 Å². The monoisotopic (exact) mass is 399 g/mol. The van der Waals surface area contributed by atoms with Crippen LogP contribution in [0.2, 0.25) is 0 Å². The quantitative estimate of drug-likeness (QED) is 0.671. The summed E-state index contributed by atoms with van der Waals surface area (Å²) < 4.78 is 1.62. The van der Waals surface area contributed by atoms with Gasteiger partial charge in [-0.2, -0.15) is 10.4 Å². The van der Waals surface area contributed by atoms with Gasteiger partial charge in [-0.05, 0) is 49.1 Å². The zero-order chi connectivity index (χ0) is 20.5. The minimum Gasteiger partial charge on any atom is -0.352 e. The van der Waals surface area contributed by atoms with E-state index in [9.17, 15) is 10.1 Å². The highest BCUT2D eigenvalue weighted by Gasteiger charge is 2.40. The van der Waals surface area contributed by atoms with Gasteiger partial charge in [0.2, 0.25) is 0 Å². The van der Waals surface area contributed by atoms with E-state index in [1.54, 1.807) is 41.6 Å². The molecular weight excluding hydrogens is 378 g/mol. The largest absolute Gasteiger partial charge is 0.352 e. The van der Waals surface area contributed by atoms with Gasteiger partial charge in [0.1, 0.15) is 5.82 Å². The minimum absolute atomic E-state index is 0.0300. The number of nitrogens with zero attached hydrogens (tertiary/aromatic N) is 7. The van der Waals surface area contributed by atoms with E-state index in [1.807, 2.05) is 23.1 Å². The second kappa shape index (κ2) is 7.59. The molecule has 0 spiro atoms. The van der Waals surface area contributed by atoms with Crippen LogP contribution >= 0.6 is 0 Å². The number of rotatable bonds is 3. The molecule has 30 heavy (non-hydrogen) atoms. The van der Waals surface area contributed by atoms with Crippen molar-refractivity contribution in [3.63, 3.8) is 0 Å². The van der Waals surface area contributed by atoms with Gasteiger partial charge in [0.15, 0.2) is 5.82 Å². The van der Waals surface area contributed by atoms with E-state index in [-0.39, 0.29) is 11.9 Å². The van der Waals surface area contributed by atoms with Gasteiger partial charge in [0.05, 0.1) is 23.2 Å². The normalized spacial score (nSPS) is 20.6. The number of amides is 1. The lowest BCUT2D eigenvalue weighted by atomic mass is 9.91. The lowest BCUT2D eigenvalue weighted by Crippen LogP contribution is -2.50. The molecule has 5 heterocycles. The third-order valence-corrected chi connectivity index (χ3v) is 6.06. The zero-order valence-electron chi connectivity index (χ0n) is 16.4. The lowest BCUT2D eigenvalue weighted by molar-refractivity contribution is 0.0678. The number of hydrogen-bond donors (Lipinski definition) is 0. The van der Waals surface area contributed by atoms with Gasteiger partial charge >= 0.3 is 0 Å². The van der Waals surface area contributed by atoms with Crippen LogP contribution in [-0.2, 0) is 0 Å². The first-order valence-corrected chi connectivity index (χ1v) is 10.1. The molecule has 0 N–H and O–H groups in total. The molecule has 2 aliphatic heterocycles. The van der Waals surface area contributed by atoms with Crippen molar-refractivity contribution < 1.29 is 4.79 Å². The van der Waals surface area contributed by atoms with Gasteiger partial charge in [-0.15, -0.1) is 0 Å². The maximum atomic E-state index is 13.4. The number of aromatic nitrogens is 4. The van der Waals surface area contributed by atoms with Crippen molar-refractivity contribution in [1.29, 1.82) is 5.26 Å². The summed E-state index contributed by atoms with van der Waals surface area (Å²) in [6.45, 7) is 2.26. The summed E-state index contributed by atoms with van der Waals surface area (Å²) in [5.74, 6) is 1.86. The Kier molecular flexibility index (Phi) is 4.64. The van der Waals surface area contributed by atoms with Gasteiger partial charge in [-0.1, -0.05) is 0 Å². The van der Waals surface area contributed by atoms with Gasteiger partial charge < -0.3 is 9.80 Å². The molecular formula is C22H21N7O. The number of likely N-dealkylation sites (tertiary alicyclic amines) is 1. The van der Waals surface area contributed by atoms with Gasteiger partial charge in [-0.3, -0.25) is 4.79 Å². The topological polar surface area (TPSA) is 90.9 Å². The summed E-state index contributed by atoms with van der Waals surface area (Å²) in [7, 11) is 0. The third-order valence-electron chi connectivity index (χ3n) is 6.06. The van der Waals surface area contributed by atoms with Crippen molar-refractivity contribution in [1.82, 2.24) is 24.6 Å².